The van der Waals surface area contributed by atoms with E-state index in [4.69, 9.17) is 0 Å². The van der Waals surface area contributed by atoms with E-state index < -0.39 is 0 Å². The summed E-state index contributed by atoms with van der Waals surface area (Å²) < 4.78 is 0. The number of aromatic nitrogens is 1. The van der Waals surface area contributed by atoms with Crippen LogP contribution in [-0.2, 0) is 4.79 Å². The molecule has 2 rings (SSSR count). The predicted molar refractivity (Wildman–Crippen MR) is 80.3 cm³/mol. The summed E-state index contributed by atoms with van der Waals surface area (Å²) in [6, 6.07) is 4.47. The Morgan fingerprint density at radius 3 is 2.50 bits per heavy atom. The Kier molecular flexibility index (Phi) is 5.12. The van der Waals surface area contributed by atoms with Crippen LogP contribution in [0.4, 0.5) is 0 Å². The second kappa shape index (κ2) is 6.84. The molecule has 0 saturated carbocycles. The van der Waals surface area contributed by atoms with Crippen LogP contribution in [0.3, 0.4) is 0 Å². The fraction of sp³-hybridized carbons (Fsp3) is 0.625. The molecule has 0 spiro atoms. The average molecular weight is 275 g/mol. The van der Waals surface area contributed by atoms with Crippen molar-refractivity contribution in [1.82, 2.24) is 14.8 Å². The molecule has 0 bridgehead atoms. The zero-order valence-electron chi connectivity index (χ0n) is 12.7. The minimum absolute atomic E-state index is 0.300. The lowest BCUT2D eigenvalue weighted by Gasteiger charge is -2.38. The van der Waals surface area contributed by atoms with Crippen LogP contribution in [-0.4, -0.2) is 46.9 Å². The van der Waals surface area contributed by atoms with Gasteiger partial charge in [0, 0.05) is 51.0 Å². The zero-order valence-corrected chi connectivity index (χ0v) is 12.7. The summed E-state index contributed by atoms with van der Waals surface area (Å²) in [7, 11) is 0. The minimum atomic E-state index is 0.300. The Balaban J connectivity index is 1.87. The van der Waals surface area contributed by atoms with Gasteiger partial charge in [0.1, 0.15) is 0 Å². The van der Waals surface area contributed by atoms with E-state index in [1.807, 2.05) is 17.2 Å². The van der Waals surface area contributed by atoms with Gasteiger partial charge < -0.3 is 4.90 Å². The lowest BCUT2D eigenvalue weighted by molar-refractivity contribution is -0.134. The van der Waals surface area contributed by atoms with E-state index in [2.05, 4.69) is 36.7 Å². The van der Waals surface area contributed by atoms with Crippen LogP contribution in [0.2, 0.25) is 0 Å². The second-order valence-electron chi connectivity index (χ2n) is 5.98. The molecular weight excluding hydrogens is 250 g/mol. The van der Waals surface area contributed by atoms with Crippen LogP contribution < -0.4 is 0 Å². The maximum atomic E-state index is 12.1. The molecule has 1 aliphatic heterocycles. The lowest BCUT2D eigenvalue weighted by Crippen LogP contribution is -2.49. The smallest absolute Gasteiger partial charge is 0.222 e. The highest BCUT2D eigenvalue weighted by Gasteiger charge is 2.24. The minimum Gasteiger partial charge on any atom is -0.340 e. The number of pyridine rings is 1. The first kappa shape index (κ1) is 15.0. The van der Waals surface area contributed by atoms with Gasteiger partial charge in [0.2, 0.25) is 5.91 Å². The molecule has 110 valence electrons. The van der Waals surface area contributed by atoms with E-state index in [1.165, 1.54) is 5.56 Å². The van der Waals surface area contributed by atoms with Crippen molar-refractivity contribution in [3.8, 4) is 0 Å². The molecule has 1 aromatic heterocycles. The van der Waals surface area contributed by atoms with Gasteiger partial charge in [0.25, 0.3) is 0 Å². The number of hydrogen-bond donors (Lipinski definition) is 0. The number of nitrogens with zero attached hydrogens (tertiary/aromatic N) is 3. The van der Waals surface area contributed by atoms with Crippen molar-refractivity contribution in [2.45, 2.75) is 33.2 Å². The van der Waals surface area contributed by atoms with Gasteiger partial charge in [-0.15, -0.1) is 0 Å². The van der Waals surface area contributed by atoms with Crippen LogP contribution in [0.25, 0.3) is 0 Å². The zero-order chi connectivity index (χ0) is 14.5. The summed E-state index contributed by atoms with van der Waals surface area (Å²) in [6.45, 7) is 9.98. The van der Waals surface area contributed by atoms with Gasteiger partial charge in [-0.1, -0.05) is 19.9 Å². The van der Waals surface area contributed by atoms with Crippen LogP contribution in [0.1, 0.15) is 38.8 Å². The SMILES string of the molecule is CC(C)CC(=O)N1CCN(C(C)c2cccnc2)CC1. The maximum absolute atomic E-state index is 12.1. The quantitative estimate of drug-likeness (QED) is 0.846. The Morgan fingerprint density at radius 2 is 1.95 bits per heavy atom. The molecule has 1 amide bonds. The number of piperazine rings is 1. The molecule has 0 aromatic carbocycles. The van der Waals surface area contributed by atoms with Crippen molar-refractivity contribution in [3.63, 3.8) is 0 Å². The van der Waals surface area contributed by atoms with E-state index in [-0.39, 0.29) is 0 Å². The summed E-state index contributed by atoms with van der Waals surface area (Å²) in [5.41, 5.74) is 1.24. The van der Waals surface area contributed by atoms with Gasteiger partial charge in [-0.25, -0.2) is 0 Å². The third-order valence-corrected chi connectivity index (χ3v) is 3.96. The van der Waals surface area contributed by atoms with Crippen molar-refractivity contribution >= 4 is 5.91 Å². The van der Waals surface area contributed by atoms with Gasteiger partial charge in [-0.3, -0.25) is 14.7 Å². The maximum Gasteiger partial charge on any atom is 0.222 e. The normalized spacial score (nSPS) is 18.3. The van der Waals surface area contributed by atoms with E-state index in [0.717, 1.165) is 26.2 Å². The molecule has 20 heavy (non-hydrogen) atoms. The molecule has 0 aliphatic carbocycles. The molecule has 1 atom stereocenters. The monoisotopic (exact) mass is 275 g/mol. The van der Waals surface area contributed by atoms with E-state index in [9.17, 15) is 4.79 Å². The first-order chi connectivity index (χ1) is 9.58. The fourth-order valence-corrected chi connectivity index (χ4v) is 2.67. The topological polar surface area (TPSA) is 36.4 Å². The van der Waals surface area contributed by atoms with Gasteiger partial charge in [-0.2, -0.15) is 0 Å². The van der Waals surface area contributed by atoms with Gasteiger partial charge >= 0.3 is 0 Å². The third-order valence-electron chi connectivity index (χ3n) is 3.96. The average Bonchev–Trinajstić information content (AvgIpc) is 2.47. The summed E-state index contributed by atoms with van der Waals surface area (Å²) in [6.07, 6.45) is 4.40. The largest absolute Gasteiger partial charge is 0.340 e. The molecule has 1 saturated heterocycles. The molecule has 4 heteroatoms. The summed E-state index contributed by atoms with van der Waals surface area (Å²) in [4.78, 5) is 20.7. The van der Waals surface area contributed by atoms with Crippen molar-refractivity contribution in [1.29, 1.82) is 0 Å². The highest BCUT2D eigenvalue weighted by atomic mass is 16.2. The van der Waals surface area contributed by atoms with Crippen LogP contribution in [0.5, 0.6) is 0 Å². The van der Waals surface area contributed by atoms with E-state index in [0.29, 0.717) is 24.3 Å². The standard InChI is InChI=1S/C16H25N3O/c1-13(2)11-16(20)19-9-7-18(8-10-19)14(3)15-5-4-6-17-12-15/h4-6,12-14H,7-11H2,1-3H3. The van der Waals surface area contributed by atoms with Gasteiger partial charge in [0.15, 0.2) is 0 Å². The molecule has 1 unspecified atom stereocenters. The molecule has 0 N–H and O–H groups in total. The summed E-state index contributed by atoms with van der Waals surface area (Å²) in [5, 5.41) is 0. The molecule has 2 heterocycles. The molecule has 0 radical (unpaired) electrons. The Labute approximate surface area is 121 Å². The predicted octanol–water partition coefficient (Wildman–Crippen LogP) is 2.33. The molecule has 1 fully saturated rings. The van der Waals surface area contributed by atoms with Gasteiger partial charge in [-0.05, 0) is 24.5 Å². The third kappa shape index (κ3) is 3.79. The number of carbonyl (C=O) groups excluding carboxylic acids is 1. The summed E-state index contributed by atoms with van der Waals surface area (Å²) in [5.74, 6) is 0.739. The fourth-order valence-electron chi connectivity index (χ4n) is 2.67. The van der Waals surface area contributed by atoms with E-state index in [1.54, 1.807) is 6.20 Å². The van der Waals surface area contributed by atoms with Crippen LogP contribution >= 0.6 is 0 Å². The first-order valence-electron chi connectivity index (χ1n) is 7.49. The summed E-state index contributed by atoms with van der Waals surface area (Å²) >= 11 is 0. The van der Waals surface area contributed by atoms with E-state index >= 15 is 0 Å². The first-order valence-corrected chi connectivity index (χ1v) is 7.49. The van der Waals surface area contributed by atoms with Gasteiger partial charge in [0.05, 0.1) is 0 Å². The van der Waals surface area contributed by atoms with Crippen molar-refractivity contribution in [2.24, 2.45) is 5.92 Å². The lowest BCUT2D eigenvalue weighted by atomic mass is 10.1. The van der Waals surface area contributed by atoms with Crippen LogP contribution in [0.15, 0.2) is 24.5 Å². The molecule has 4 nitrogen and oxygen atoms in total. The molecular formula is C16H25N3O. The number of carbonyl (C=O) groups is 1. The second-order valence-corrected chi connectivity index (χ2v) is 5.98. The highest BCUT2D eigenvalue weighted by molar-refractivity contribution is 5.76. The molecule has 1 aromatic rings. The van der Waals surface area contributed by atoms with Crippen molar-refractivity contribution < 1.29 is 4.79 Å². The highest BCUT2D eigenvalue weighted by Crippen LogP contribution is 2.21. The van der Waals surface area contributed by atoms with Crippen molar-refractivity contribution in [3.05, 3.63) is 30.1 Å². The number of rotatable bonds is 4. The van der Waals surface area contributed by atoms with Crippen LogP contribution in [0, 0.1) is 5.92 Å². The van der Waals surface area contributed by atoms with Crippen molar-refractivity contribution in [2.75, 3.05) is 26.2 Å². The molecule has 1 aliphatic rings. The Morgan fingerprint density at radius 1 is 1.25 bits per heavy atom. The Hall–Kier alpha value is -1.42. The Bertz CT molecular complexity index is 425. The number of amides is 1. The number of hydrogen-bond acceptors (Lipinski definition) is 3.